The summed E-state index contributed by atoms with van der Waals surface area (Å²) in [6, 6.07) is 7.47. The third kappa shape index (κ3) is 6.84. The topological polar surface area (TPSA) is 69.6 Å². The molecule has 1 rings (SSSR count). The third-order valence-electron chi connectivity index (χ3n) is 2.37. The largest absolute Gasteiger partial charge is 0.323 e. The number of amides is 1. The standard InChI is InChI=1S/C12H20N2O3P2/c1-19(2,17)9-13-7-12(15)14(16)8-10-3-5-11(18)6-4-10/h3-6,13,16H,7-9,18H2,1-2H3. The van der Waals surface area contributed by atoms with Crippen molar-refractivity contribution >= 4 is 27.6 Å². The smallest absolute Gasteiger partial charge is 0.260 e. The highest BCUT2D eigenvalue weighted by atomic mass is 31.2. The van der Waals surface area contributed by atoms with Gasteiger partial charge in [-0.25, -0.2) is 5.06 Å². The minimum Gasteiger partial charge on any atom is -0.323 e. The van der Waals surface area contributed by atoms with E-state index >= 15 is 0 Å². The van der Waals surface area contributed by atoms with E-state index in [9.17, 15) is 14.6 Å². The van der Waals surface area contributed by atoms with Crippen molar-refractivity contribution in [1.29, 1.82) is 0 Å². The van der Waals surface area contributed by atoms with Crippen molar-refractivity contribution in [2.24, 2.45) is 0 Å². The van der Waals surface area contributed by atoms with Crippen LogP contribution >= 0.6 is 16.4 Å². The highest BCUT2D eigenvalue weighted by Gasteiger charge is 2.13. The number of benzene rings is 1. The molecule has 0 radical (unpaired) electrons. The van der Waals surface area contributed by atoms with Gasteiger partial charge in [0.25, 0.3) is 5.91 Å². The second-order valence-electron chi connectivity index (χ2n) is 4.85. The van der Waals surface area contributed by atoms with Gasteiger partial charge in [-0.05, 0) is 24.2 Å². The lowest BCUT2D eigenvalue weighted by molar-refractivity contribution is -0.166. The van der Waals surface area contributed by atoms with Crippen LogP contribution in [0.1, 0.15) is 5.56 Å². The first-order chi connectivity index (χ1) is 8.78. The van der Waals surface area contributed by atoms with Gasteiger partial charge in [0.2, 0.25) is 0 Å². The first-order valence-electron chi connectivity index (χ1n) is 5.86. The van der Waals surface area contributed by atoms with E-state index < -0.39 is 13.0 Å². The normalized spacial score (nSPS) is 11.4. The molecule has 0 spiro atoms. The van der Waals surface area contributed by atoms with E-state index in [2.05, 4.69) is 14.6 Å². The van der Waals surface area contributed by atoms with Crippen LogP contribution in [0.5, 0.6) is 0 Å². The Bertz CT molecular complexity index is 470. The molecule has 0 aliphatic rings. The van der Waals surface area contributed by atoms with Gasteiger partial charge in [-0.2, -0.15) is 0 Å². The van der Waals surface area contributed by atoms with Crippen molar-refractivity contribution in [2.45, 2.75) is 6.54 Å². The number of hydroxylamine groups is 2. The highest BCUT2D eigenvalue weighted by molar-refractivity contribution is 7.62. The van der Waals surface area contributed by atoms with E-state index in [0.29, 0.717) is 5.06 Å². The molecule has 0 saturated carbocycles. The van der Waals surface area contributed by atoms with Crippen molar-refractivity contribution in [3.8, 4) is 0 Å². The Morgan fingerprint density at radius 1 is 1.37 bits per heavy atom. The van der Waals surface area contributed by atoms with Crippen LogP contribution in [0, 0.1) is 0 Å². The number of hydrogen-bond donors (Lipinski definition) is 2. The molecular weight excluding hydrogens is 282 g/mol. The van der Waals surface area contributed by atoms with Gasteiger partial charge in [0.15, 0.2) is 0 Å². The summed E-state index contributed by atoms with van der Waals surface area (Å²) in [4.78, 5) is 11.6. The minimum absolute atomic E-state index is 0.0239. The highest BCUT2D eigenvalue weighted by Crippen LogP contribution is 2.33. The van der Waals surface area contributed by atoms with Crippen LogP contribution in [0.2, 0.25) is 0 Å². The van der Waals surface area contributed by atoms with Crippen LogP contribution in [-0.4, -0.2) is 42.3 Å². The molecule has 1 unspecified atom stereocenters. The van der Waals surface area contributed by atoms with Crippen molar-refractivity contribution in [2.75, 3.05) is 26.2 Å². The molecule has 0 aliphatic heterocycles. The quantitative estimate of drug-likeness (QED) is 0.468. The molecule has 2 N–H and O–H groups in total. The summed E-state index contributed by atoms with van der Waals surface area (Å²) in [5.74, 6) is -0.441. The van der Waals surface area contributed by atoms with Crippen LogP contribution in [0.15, 0.2) is 24.3 Å². The second kappa shape index (κ2) is 7.16. The maximum absolute atomic E-state index is 11.6. The molecule has 0 fully saturated rings. The van der Waals surface area contributed by atoms with E-state index in [4.69, 9.17) is 0 Å². The lowest BCUT2D eigenvalue weighted by atomic mass is 10.2. The zero-order valence-corrected chi connectivity index (χ0v) is 13.2. The number of carbonyl (C=O) groups excluding carboxylic acids is 1. The molecule has 106 valence electrons. The summed E-state index contributed by atoms with van der Waals surface area (Å²) in [5.41, 5.74) is 0.846. The molecule has 19 heavy (non-hydrogen) atoms. The maximum Gasteiger partial charge on any atom is 0.260 e. The molecule has 5 nitrogen and oxygen atoms in total. The first kappa shape index (κ1) is 16.3. The van der Waals surface area contributed by atoms with E-state index in [-0.39, 0.29) is 19.4 Å². The first-order valence-corrected chi connectivity index (χ1v) is 9.23. The summed E-state index contributed by atoms with van der Waals surface area (Å²) in [5, 5.41) is 14.1. The fourth-order valence-electron chi connectivity index (χ4n) is 1.41. The van der Waals surface area contributed by atoms with Crippen molar-refractivity contribution < 1.29 is 14.6 Å². The van der Waals surface area contributed by atoms with Gasteiger partial charge in [-0.1, -0.05) is 24.3 Å². The third-order valence-corrected chi connectivity index (χ3v) is 3.74. The maximum atomic E-state index is 11.6. The van der Waals surface area contributed by atoms with Crippen LogP contribution in [0.25, 0.3) is 0 Å². The number of rotatable bonds is 6. The van der Waals surface area contributed by atoms with Gasteiger partial charge in [0.05, 0.1) is 20.2 Å². The fourth-order valence-corrected chi connectivity index (χ4v) is 2.25. The minimum atomic E-state index is -2.19. The summed E-state index contributed by atoms with van der Waals surface area (Å²) in [6.07, 6.45) is 0.286. The van der Waals surface area contributed by atoms with Crippen LogP contribution in [0.4, 0.5) is 0 Å². The number of carbonyl (C=O) groups is 1. The molecule has 1 atom stereocenters. The Kier molecular flexibility index (Phi) is 6.15. The molecule has 0 bridgehead atoms. The predicted octanol–water partition coefficient (Wildman–Crippen LogP) is 1.07. The molecule has 1 amide bonds. The van der Waals surface area contributed by atoms with Crippen LogP contribution in [0.3, 0.4) is 0 Å². The predicted molar refractivity (Wildman–Crippen MR) is 80.4 cm³/mol. The summed E-state index contributed by atoms with van der Waals surface area (Å²) in [7, 11) is 0.380. The van der Waals surface area contributed by atoms with Gasteiger partial charge in [0.1, 0.15) is 0 Å². The summed E-state index contributed by atoms with van der Waals surface area (Å²) < 4.78 is 11.4. The molecule has 0 aliphatic carbocycles. The molecular formula is C12H20N2O3P2. The Morgan fingerprint density at radius 3 is 2.47 bits per heavy atom. The van der Waals surface area contributed by atoms with Crippen molar-refractivity contribution in [3.63, 3.8) is 0 Å². The van der Waals surface area contributed by atoms with Gasteiger partial charge in [-0.15, -0.1) is 9.24 Å². The monoisotopic (exact) mass is 302 g/mol. The van der Waals surface area contributed by atoms with Crippen LogP contribution in [-0.2, 0) is 15.9 Å². The van der Waals surface area contributed by atoms with Gasteiger partial charge in [-0.3, -0.25) is 10.0 Å². The van der Waals surface area contributed by atoms with E-state index in [0.717, 1.165) is 10.9 Å². The van der Waals surface area contributed by atoms with Gasteiger partial charge < -0.3 is 9.88 Å². The average molecular weight is 302 g/mol. The second-order valence-corrected chi connectivity index (χ2v) is 8.98. The SMILES string of the molecule is CP(C)(=O)CNCC(=O)N(O)Cc1ccc(P)cc1. The number of nitrogens with zero attached hydrogens (tertiary/aromatic N) is 1. The molecule has 7 heteroatoms. The van der Waals surface area contributed by atoms with Crippen molar-refractivity contribution in [1.82, 2.24) is 10.4 Å². The molecule has 0 saturated heterocycles. The Morgan fingerprint density at radius 2 is 1.95 bits per heavy atom. The van der Waals surface area contributed by atoms with Crippen LogP contribution < -0.4 is 10.6 Å². The Labute approximate surface area is 115 Å². The Balaban J connectivity index is 2.40. The van der Waals surface area contributed by atoms with E-state index in [1.54, 1.807) is 13.3 Å². The van der Waals surface area contributed by atoms with E-state index in [1.165, 1.54) is 0 Å². The van der Waals surface area contributed by atoms with Gasteiger partial charge in [0, 0.05) is 6.29 Å². The molecule has 0 aromatic heterocycles. The summed E-state index contributed by atoms with van der Waals surface area (Å²) >= 11 is 0. The lowest BCUT2D eigenvalue weighted by Gasteiger charge is -2.16. The zero-order valence-electron chi connectivity index (χ0n) is 11.2. The number of hydrogen-bond acceptors (Lipinski definition) is 4. The molecule has 1 aromatic carbocycles. The molecule has 0 heterocycles. The van der Waals surface area contributed by atoms with E-state index in [1.807, 2.05) is 24.3 Å². The molecule has 1 aromatic rings. The Hall–Kier alpha value is -0.730. The van der Waals surface area contributed by atoms with Crippen molar-refractivity contribution in [3.05, 3.63) is 29.8 Å². The summed E-state index contributed by atoms with van der Waals surface area (Å²) in [6.45, 7) is 3.41. The van der Waals surface area contributed by atoms with Gasteiger partial charge >= 0.3 is 0 Å². The lowest BCUT2D eigenvalue weighted by Crippen LogP contribution is -2.35. The number of nitrogens with one attached hydrogen (secondary N) is 1. The zero-order chi connectivity index (χ0) is 14.5. The average Bonchev–Trinajstić information content (AvgIpc) is 2.30. The fraction of sp³-hybridized carbons (Fsp3) is 0.417.